The molecule has 0 radical (unpaired) electrons. The fourth-order valence-corrected chi connectivity index (χ4v) is 4.89. The van der Waals surface area contributed by atoms with E-state index in [9.17, 15) is 9.59 Å². The largest absolute Gasteiger partial charge is 0.343 e. The average molecular weight is 539 g/mol. The van der Waals surface area contributed by atoms with Crippen LogP contribution in [0, 0.1) is 0 Å². The van der Waals surface area contributed by atoms with E-state index in [0.29, 0.717) is 32.1 Å². The Labute approximate surface area is 226 Å². The molecule has 1 fully saturated rings. The minimum absolute atomic E-state index is 0.393. The van der Waals surface area contributed by atoms with Crippen molar-refractivity contribution < 1.29 is 9.59 Å². The number of aromatic nitrogens is 2. The van der Waals surface area contributed by atoms with Crippen molar-refractivity contribution in [1.82, 2.24) is 24.7 Å². The molecule has 2 amide bonds. The molecule has 0 atom stereocenters. The summed E-state index contributed by atoms with van der Waals surface area (Å²) in [5.74, 6) is -0.257. The third-order valence-electron chi connectivity index (χ3n) is 6.09. The van der Waals surface area contributed by atoms with E-state index in [-0.39, 0.29) is 0 Å². The zero-order valence-electron chi connectivity index (χ0n) is 21.3. The number of amides is 2. The van der Waals surface area contributed by atoms with Crippen LogP contribution < -0.4 is 4.90 Å². The minimum Gasteiger partial charge on any atom is -0.343 e. The number of halogens is 1. The molecule has 2 aromatic heterocycles. The van der Waals surface area contributed by atoms with Crippen LogP contribution in [0.1, 0.15) is 10.4 Å². The van der Waals surface area contributed by atoms with E-state index in [1.54, 1.807) is 16.0 Å². The highest BCUT2D eigenvalue weighted by Gasteiger charge is 2.31. The van der Waals surface area contributed by atoms with Crippen LogP contribution in [0.5, 0.6) is 0 Å². The topological polar surface area (TPSA) is 72.9 Å². The maximum Gasteiger partial charge on any atom is 0.312 e. The summed E-state index contributed by atoms with van der Waals surface area (Å²) in [4.78, 5) is 42.9. The molecule has 0 spiro atoms. The lowest BCUT2D eigenvalue weighted by Crippen LogP contribution is -2.53. The van der Waals surface area contributed by atoms with E-state index in [1.807, 2.05) is 80.7 Å². The number of rotatable bonds is 10. The lowest BCUT2D eigenvalue weighted by Gasteiger charge is -2.33. The summed E-state index contributed by atoms with van der Waals surface area (Å²) in [6.07, 6.45) is 5.58. The second kappa shape index (κ2) is 12.3. The number of thiophene rings is 1. The SMILES string of the molecule is CN(C)CCN(C)c1nccc(-c2ccc(CN3CCN(C/C=C/c4ccc(Cl)s4)C(=O)C3=O)cc2)n1. The first kappa shape index (κ1) is 26.8. The zero-order valence-corrected chi connectivity index (χ0v) is 22.9. The maximum atomic E-state index is 12.7. The van der Waals surface area contributed by atoms with E-state index in [2.05, 4.69) is 9.88 Å². The first-order chi connectivity index (χ1) is 17.8. The molecule has 0 bridgehead atoms. The predicted molar refractivity (Wildman–Crippen MR) is 150 cm³/mol. The van der Waals surface area contributed by atoms with E-state index >= 15 is 0 Å². The Kier molecular flexibility index (Phi) is 8.91. The summed E-state index contributed by atoms with van der Waals surface area (Å²) >= 11 is 7.42. The Morgan fingerprint density at radius 1 is 0.973 bits per heavy atom. The predicted octanol–water partition coefficient (Wildman–Crippen LogP) is 3.74. The molecule has 3 heterocycles. The van der Waals surface area contributed by atoms with E-state index in [4.69, 9.17) is 16.6 Å². The van der Waals surface area contributed by atoms with Crippen LogP contribution >= 0.6 is 22.9 Å². The van der Waals surface area contributed by atoms with Crippen molar-refractivity contribution >= 4 is 46.8 Å². The van der Waals surface area contributed by atoms with Gasteiger partial charge in [0.1, 0.15) is 0 Å². The molecule has 0 aliphatic carbocycles. The number of anilines is 1. The summed E-state index contributed by atoms with van der Waals surface area (Å²) in [6.45, 7) is 3.53. The van der Waals surface area contributed by atoms with Crippen LogP contribution in [0.4, 0.5) is 5.95 Å². The van der Waals surface area contributed by atoms with Crippen LogP contribution in [0.25, 0.3) is 17.3 Å². The Morgan fingerprint density at radius 3 is 2.41 bits per heavy atom. The summed E-state index contributed by atoms with van der Waals surface area (Å²) in [5, 5.41) is 0. The fraction of sp³-hybridized carbons (Fsp3) is 0.333. The zero-order chi connectivity index (χ0) is 26.4. The molecule has 194 valence electrons. The molecule has 4 rings (SSSR count). The van der Waals surface area contributed by atoms with Gasteiger partial charge in [-0.1, -0.05) is 41.9 Å². The standard InChI is InChI=1S/C27H31ClN6O2S/c1-31(2)15-16-32(3)27-29-13-12-23(30-27)21-8-6-20(7-9-21)19-34-18-17-33(25(35)26(34)36)14-4-5-22-10-11-24(28)37-22/h4-13H,14-19H2,1-3H3/b5-4+. The van der Waals surface area contributed by atoms with E-state index in [1.165, 1.54) is 11.3 Å². The number of piperazine rings is 1. The quantitative estimate of drug-likeness (QED) is 0.366. The number of likely N-dealkylation sites (N-methyl/N-ethyl adjacent to an activating group) is 2. The van der Waals surface area contributed by atoms with Gasteiger partial charge in [-0.25, -0.2) is 9.97 Å². The Morgan fingerprint density at radius 2 is 1.70 bits per heavy atom. The van der Waals surface area contributed by atoms with Gasteiger partial charge in [0.15, 0.2) is 0 Å². The van der Waals surface area contributed by atoms with Gasteiger partial charge in [-0.2, -0.15) is 0 Å². The molecule has 0 unspecified atom stereocenters. The van der Waals surface area contributed by atoms with Crippen LogP contribution in [0.3, 0.4) is 0 Å². The summed E-state index contributed by atoms with van der Waals surface area (Å²) < 4.78 is 0.720. The number of benzene rings is 1. The summed E-state index contributed by atoms with van der Waals surface area (Å²) in [5.41, 5.74) is 2.77. The van der Waals surface area contributed by atoms with Crippen molar-refractivity contribution in [2.75, 3.05) is 58.8 Å². The van der Waals surface area contributed by atoms with E-state index in [0.717, 1.165) is 39.1 Å². The molecular formula is C27H31ClN6O2S. The normalized spacial score (nSPS) is 14.3. The highest BCUT2D eigenvalue weighted by atomic mass is 35.5. The Bertz CT molecular complexity index is 1260. The molecule has 8 nitrogen and oxygen atoms in total. The molecule has 1 aliphatic heterocycles. The van der Waals surface area contributed by atoms with Gasteiger partial charge in [-0.3, -0.25) is 9.59 Å². The van der Waals surface area contributed by atoms with Gasteiger partial charge in [-0.15, -0.1) is 11.3 Å². The van der Waals surface area contributed by atoms with Crippen molar-refractivity contribution in [3.05, 3.63) is 69.5 Å². The highest BCUT2D eigenvalue weighted by Crippen LogP contribution is 2.23. The van der Waals surface area contributed by atoms with E-state index < -0.39 is 11.8 Å². The van der Waals surface area contributed by atoms with Gasteiger partial charge in [0, 0.05) is 63.0 Å². The second-order valence-corrected chi connectivity index (χ2v) is 10.9. The van der Waals surface area contributed by atoms with Crippen LogP contribution in [-0.2, 0) is 16.1 Å². The molecule has 10 heteroatoms. The third kappa shape index (κ3) is 7.15. The first-order valence-corrected chi connectivity index (χ1v) is 13.3. The number of nitrogens with zero attached hydrogens (tertiary/aromatic N) is 6. The summed E-state index contributed by atoms with van der Waals surface area (Å²) in [7, 11) is 6.07. The molecule has 37 heavy (non-hydrogen) atoms. The molecule has 0 saturated carbocycles. The number of hydrogen-bond donors (Lipinski definition) is 0. The minimum atomic E-state index is -0.469. The average Bonchev–Trinajstić information content (AvgIpc) is 3.32. The van der Waals surface area contributed by atoms with Crippen molar-refractivity contribution in [3.63, 3.8) is 0 Å². The van der Waals surface area contributed by atoms with Gasteiger partial charge in [0.05, 0.1) is 10.0 Å². The number of carbonyl (C=O) groups is 2. The van der Waals surface area contributed by atoms with Gasteiger partial charge < -0.3 is 19.6 Å². The Balaban J connectivity index is 1.33. The lowest BCUT2D eigenvalue weighted by atomic mass is 10.1. The van der Waals surface area contributed by atoms with Gasteiger partial charge >= 0.3 is 11.8 Å². The maximum absolute atomic E-state index is 12.7. The van der Waals surface area contributed by atoms with Crippen LogP contribution in [0.2, 0.25) is 4.34 Å². The van der Waals surface area contributed by atoms with Gasteiger partial charge in [0.25, 0.3) is 0 Å². The molecule has 1 aliphatic rings. The lowest BCUT2D eigenvalue weighted by molar-refractivity contribution is -0.156. The number of carbonyl (C=O) groups excluding carboxylic acids is 2. The molecular weight excluding hydrogens is 508 g/mol. The second-order valence-electron chi connectivity index (χ2n) is 9.19. The van der Waals surface area contributed by atoms with Gasteiger partial charge in [-0.05, 0) is 43.9 Å². The first-order valence-electron chi connectivity index (χ1n) is 12.1. The highest BCUT2D eigenvalue weighted by molar-refractivity contribution is 7.16. The van der Waals surface area contributed by atoms with Crippen LogP contribution in [-0.4, -0.2) is 90.3 Å². The summed E-state index contributed by atoms with van der Waals surface area (Å²) in [6, 6.07) is 13.6. The molecule has 1 aromatic carbocycles. The molecule has 3 aromatic rings. The Hall–Kier alpha value is -3.27. The smallest absolute Gasteiger partial charge is 0.312 e. The third-order valence-corrected chi connectivity index (χ3v) is 7.29. The fourth-order valence-electron chi connectivity index (χ4n) is 3.90. The molecule has 1 saturated heterocycles. The molecule has 0 N–H and O–H groups in total. The number of hydrogen-bond acceptors (Lipinski definition) is 7. The van der Waals surface area contributed by atoms with Crippen molar-refractivity contribution in [2.24, 2.45) is 0 Å². The van der Waals surface area contributed by atoms with Crippen molar-refractivity contribution in [2.45, 2.75) is 6.54 Å². The van der Waals surface area contributed by atoms with Gasteiger partial charge in [0.2, 0.25) is 5.95 Å². The monoisotopic (exact) mass is 538 g/mol. The van der Waals surface area contributed by atoms with Crippen LogP contribution in [0.15, 0.2) is 54.7 Å². The van der Waals surface area contributed by atoms with Crippen molar-refractivity contribution in [3.8, 4) is 11.3 Å². The van der Waals surface area contributed by atoms with Crippen molar-refractivity contribution in [1.29, 1.82) is 0 Å².